The molecule has 0 saturated carbocycles. The van der Waals surface area contributed by atoms with Gasteiger partial charge in [-0.05, 0) is 50.6 Å². The molecule has 268 valence electrons. The van der Waals surface area contributed by atoms with E-state index in [2.05, 4.69) is 130 Å². The van der Waals surface area contributed by atoms with Crippen LogP contribution in [0.25, 0.3) is 0 Å². The molecule has 0 aromatic carbocycles. The summed E-state index contributed by atoms with van der Waals surface area (Å²) in [6.07, 6.45) is 45.9. The zero-order valence-electron chi connectivity index (χ0n) is 24.9. The average molecular weight is 758 g/mol. The summed E-state index contributed by atoms with van der Waals surface area (Å²) >= 11 is 0. The van der Waals surface area contributed by atoms with Crippen LogP contribution in [0.3, 0.4) is 0 Å². The van der Waals surface area contributed by atoms with E-state index in [1.54, 1.807) is 99.1 Å². The van der Waals surface area contributed by atoms with Gasteiger partial charge in [0.2, 0.25) is 0 Å². The van der Waals surface area contributed by atoms with Crippen LogP contribution in [0.5, 0.6) is 0 Å². The van der Waals surface area contributed by atoms with Crippen LogP contribution >= 0.6 is 0 Å². The Morgan fingerprint density at radius 3 is 0.531 bits per heavy atom. The second-order valence-corrected chi connectivity index (χ2v) is 6.57. The fourth-order valence-corrected chi connectivity index (χ4v) is 1.62. The van der Waals surface area contributed by atoms with Gasteiger partial charge >= 0.3 is 11.9 Å². The zero-order chi connectivity index (χ0) is 34.1. The molecule has 8 heterocycles. The Kier molecular flexibility index (Phi) is 39.9. The Labute approximate surface area is 299 Å². The van der Waals surface area contributed by atoms with E-state index in [1.807, 2.05) is 0 Å². The van der Waals surface area contributed by atoms with Crippen LogP contribution in [0.15, 0.2) is 99.1 Å². The minimum absolute atomic E-state index is 0. The Morgan fingerprint density at radius 1 is 0.367 bits per heavy atom. The predicted molar refractivity (Wildman–Crippen MR) is 159 cm³/mol. The van der Waals surface area contributed by atoms with Gasteiger partial charge in [0.05, 0.1) is 0 Å². The van der Waals surface area contributed by atoms with Crippen LogP contribution in [0.4, 0.5) is 0 Å². The maximum absolute atomic E-state index is 9.43. The van der Waals surface area contributed by atoms with Crippen LogP contribution in [-0.2, 0) is 42.6 Å². The molecule has 0 spiro atoms. The quantitative estimate of drug-likeness (QED) is 0.0676. The van der Waals surface area contributed by atoms with Crippen LogP contribution in [0.1, 0.15) is 6.42 Å². The topological polar surface area (TPSA) is 304 Å². The fraction of sp³-hybridized carbons (Fsp3) is 0.0370. The van der Waals surface area contributed by atoms with Gasteiger partial charge in [0, 0.05) is 33.0 Å². The Bertz CT molecular complexity index is 1030. The number of carboxylic acids is 2. The fourth-order valence-electron chi connectivity index (χ4n) is 1.62. The number of carboxylic acid groups (broad SMARTS) is 2. The van der Waals surface area contributed by atoms with E-state index in [4.69, 9.17) is 10.2 Å². The molecule has 49 heavy (non-hydrogen) atoms. The van der Waals surface area contributed by atoms with Crippen molar-refractivity contribution in [1.82, 2.24) is 79.7 Å². The van der Waals surface area contributed by atoms with Gasteiger partial charge in [0.15, 0.2) is 0 Å². The van der Waals surface area contributed by atoms with E-state index in [-0.39, 0.29) is 33.0 Å². The number of carbonyl (C=O) groups is 2. The van der Waals surface area contributed by atoms with E-state index >= 15 is 0 Å². The van der Waals surface area contributed by atoms with Gasteiger partial charge in [0.25, 0.3) is 0 Å². The van der Waals surface area contributed by atoms with Crippen molar-refractivity contribution in [3.63, 3.8) is 0 Å². The van der Waals surface area contributed by atoms with Gasteiger partial charge < -0.3 is 90.0 Å². The molecule has 0 aliphatic heterocycles. The van der Waals surface area contributed by atoms with E-state index < -0.39 is 18.4 Å². The molecule has 8 aromatic rings. The van der Waals surface area contributed by atoms with Crippen molar-refractivity contribution in [2.24, 2.45) is 0 Å². The third kappa shape index (κ3) is 46.2. The van der Waals surface area contributed by atoms with Gasteiger partial charge in [-0.15, -0.1) is 99.1 Å². The molecule has 0 atom stereocenters. The summed E-state index contributed by atoms with van der Waals surface area (Å²) in [6.45, 7) is 0. The Hall–Kier alpha value is -6.39. The van der Waals surface area contributed by atoms with E-state index in [0.717, 1.165) is 0 Å². The molecule has 20 nitrogen and oxygen atoms in total. The molecule has 0 amide bonds. The van der Waals surface area contributed by atoms with Gasteiger partial charge in [0.1, 0.15) is 6.42 Å². The first-order valence-electron chi connectivity index (χ1n) is 12.4. The zero-order valence-corrected chi connectivity index (χ0v) is 26.8. The molecular weight excluding hydrogens is 730 g/mol. The molecule has 0 bridgehead atoms. The second kappa shape index (κ2) is 41.6. The first kappa shape index (κ1) is 47.0. The van der Waals surface area contributed by atoms with Gasteiger partial charge in [-0.2, -0.15) is 0 Å². The SMILES string of the molecule is O=C(O)CC(=O)O.[Ni].[Ni].[c-]1ncc[nH]1.[c-]1ncc[nH]1.[c-]1ncc[nH]1.[c-]1ncc[nH]1.[c-]1ncc[nH]1.[c-]1ncc[nH]1.[c-]1ncc[nH]1.[c-]1ncc[nH]1. The molecule has 0 saturated heterocycles. The van der Waals surface area contributed by atoms with E-state index in [9.17, 15) is 9.59 Å². The summed E-state index contributed by atoms with van der Waals surface area (Å²) in [5.74, 6) is -2.62. The van der Waals surface area contributed by atoms with E-state index in [0.29, 0.717) is 0 Å². The van der Waals surface area contributed by atoms with Gasteiger partial charge in [-0.25, -0.2) is 0 Å². The van der Waals surface area contributed by atoms with Crippen molar-refractivity contribution in [1.29, 1.82) is 0 Å². The summed E-state index contributed by atoms with van der Waals surface area (Å²) in [5.41, 5.74) is 0. The third-order valence-electron chi connectivity index (χ3n) is 3.19. The molecule has 0 unspecified atom stereocenters. The summed E-state index contributed by atoms with van der Waals surface area (Å²) < 4.78 is 0. The molecule has 0 radical (unpaired) electrons. The second-order valence-electron chi connectivity index (χ2n) is 6.57. The molecule has 22 heteroatoms. The third-order valence-corrected chi connectivity index (χ3v) is 3.19. The van der Waals surface area contributed by atoms with Crippen LogP contribution < -0.4 is 0 Å². The molecule has 0 aliphatic carbocycles. The normalized spacial score (nSPS) is 7.67. The van der Waals surface area contributed by atoms with Crippen molar-refractivity contribution >= 4 is 11.9 Å². The standard InChI is InChI=1S/8C3H3N2.C3H4O4.2Ni/c8*1-2-5-3-4-1;4-2(5)1-3(6)7;;/h8*1-2H,(H,4,5);1H2,(H,4,5)(H,6,7);;/q8*-1;;;. The number of aliphatic carboxylic acids is 2. The van der Waals surface area contributed by atoms with Crippen LogP contribution in [-0.4, -0.2) is 102 Å². The monoisotopic (exact) mass is 756 g/mol. The smallest absolute Gasteiger partial charge is 0.314 e. The maximum Gasteiger partial charge on any atom is 0.314 e. The minimum Gasteiger partial charge on any atom is -0.481 e. The first-order chi connectivity index (χ1) is 23.1. The molecule has 0 fully saturated rings. The van der Waals surface area contributed by atoms with E-state index in [1.165, 1.54) is 0 Å². The molecular formula is C27H28N16Ni2O4-8. The van der Waals surface area contributed by atoms with Crippen molar-refractivity contribution in [3.05, 3.63) is 150 Å². The molecule has 8 rings (SSSR count). The maximum atomic E-state index is 9.43. The molecule has 0 aliphatic rings. The number of aromatic nitrogens is 16. The van der Waals surface area contributed by atoms with Crippen molar-refractivity contribution < 1.29 is 52.8 Å². The summed E-state index contributed by atoms with van der Waals surface area (Å²) in [5, 5.41) is 15.4. The van der Waals surface area contributed by atoms with Gasteiger partial charge in [-0.1, -0.05) is 0 Å². The number of H-pyrrole nitrogens is 8. The van der Waals surface area contributed by atoms with Crippen molar-refractivity contribution in [2.75, 3.05) is 0 Å². The predicted octanol–water partition coefficient (Wildman–Crippen LogP) is 1.22. The Morgan fingerprint density at radius 2 is 0.510 bits per heavy atom. The first-order valence-corrected chi connectivity index (χ1v) is 12.4. The summed E-state index contributed by atoms with van der Waals surface area (Å²) in [7, 11) is 0. The van der Waals surface area contributed by atoms with Crippen molar-refractivity contribution in [2.45, 2.75) is 6.42 Å². The number of rotatable bonds is 2. The number of hydrogen-bond acceptors (Lipinski definition) is 10. The largest absolute Gasteiger partial charge is 0.481 e. The van der Waals surface area contributed by atoms with Gasteiger partial charge in [-0.3, -0.25) is 9.59 Å². The number of imidazole rings is 8. The minimum atomic E-state index is -1.31. The average Bonchev–Trinajstić information content (AvgIpc) is 4.00. The number of nitrogens with one attached hydrogen (secondary N) is 8. The van der Waals surface area contributed by atoms with Crippen LogP contribution in [0.2, 0.25) is 0 Å². The number of nitrogens with zero attached hydrogens (tertiary/aromatic N) is 8. The molecule has 10 N–H and O–H groups in total. The van der Waals surface area contributed by atoms with Crippen molar-refractivity contribution in [3.8, 4) is 0 Å². The number of aromatic amines is 8. The molecule has 8 aromatic heterocycles. The summed E-state index contributed by atoms with van der Waals surface area (Å²) in [4.78, 5) is 68.2. The van der Waals surface area contributed by atoms with Crippen LogP contribution in [0, 0.1) is 50.6 Å². The Balaban J connectivity index is -0.000000484. The summed E-state index contributed by atoms with van der Waals surface area (Å²) in [6, 6.07) is 0. The number of hydrogen-bond donors (Lipinski definition) is 10.